The van der Waals surface area contributed by atoms with Crippen LogP contribution in [0.4, 0.5) is 5.00 Å². The van der Waals surface area contributed by atoms with Crippen LogP contribution < -0.4 is 5.32 Å². The molecule has 17 heavy (non-hydrogen) atoms. The lowest BCUT2D eigenvalue weighted by Gasteiger charge is -2.11. The molecule has 0 saturated heterocycles. The number of hydrogen-bond acceptors (Lipinski definition) is 5. The first-order valence-electron chi connectivity index (χ1n) is 5.06. The van der Waals surface area contributed by atoms with Gasteiger partial charge in [-0.1, -0.05) is 0 Å². The van der Waals surface area contributed by atoms with Gasteiger partial charge in [0.2, 0.25) is 0 Å². The van der Waals surface area contributed by atoms with E-state index in [0.29, 0.717) is 11.6 Å². The fourth-order valence-electron chi connectivity index (χ4n) is 1.22. The van der Waals surface area contributed by atoms with Crippen molar-refractivity contribution < 1.29 is 17.9 Å². The molecule has 0 spiro atoms. The van der Waals surface area contributed by atoms with Crippen LogP contribution in [0.2, 0.25) is 0 Å². The SMILES string of the molecule is CCO[C@H](C)C(=O)Nc1sccc1S(C)(=O)=O. The van der Waals surface area contributed by atoms with E-state index in [0.717, 1.165) is 6.26 Å². The highest BCUT2D eigenvalue weighted by atomic mass is 32.2. The van der Waals surface area contributed by atoms with Gasteiger partial charge in [-0.2, -0.15) is 0 Å². The van der Waals surface area contributed by atoms with Crippen LogP contribution in [0.15, 0.2) is 16.3 Å². The molecular weight excluding hydrogens is 262 g/mol. The fraction of sp³-hybridized carbons (Fsp3) is 0.500. The third-order valence-corrected chi connectivity index (χ3v) is 4.15. The number of amides is 1. The molecule has 1 rings (SSSR count). The van der Waals surface area contributed by atoms with E-state index in [1.807, 2.05) is 0 Å². The first kappa shape index (κ1) is 14.1. The zero-order chi connectivity index (χ0) is 13.1. The highest BCUT2D eigenvalue weighted by molar-refractivity contribution is 7.91. The Morgan fingerprint density at radius 2 is 2.24 bits per heavy atom. The summed E-state index contributed by atoms with van der Waals surface area (Å²) in [4.78, 5) is 11.8. The number of ether oxygens (including phenoxy) is 1. The van der Waals surface area contributed by atoms with Crippen molar-refractivity contribution in [3.63, 3.8) is 0 Å². The Hall–Kier alpha value is -0.920. The molecule has 7 heteroatoms. The zero-order valence-corrected chi connectivity index (χ0v) is 11.5. The molecule has 1 atom stereocenters. The number of rotatable bonds is 5. The number of thiophene rings is 1. The first-order valence-corrected chi connectivity index (χ1v) is 7.83. The van der Waals surface area contributed by atoms with Crippen molar-refractivity contribution >= 4 is 32.1 Å². The van der Waals surface area contributed by atoms with Crippen LogP contribution in [0.25, 0.3) is 0 Å². The molecule has 1 aromatic rings. The van der Waals surface area contributed by atoms with Crippen molar-refractivity contribution in [3.05, 3.63) is 11.4 Å². The van der Waals surface area contributed by atoms with E-state index < -0.39 is 15.9 Å². The lowest BCUT2D eigenvalue weighted by molar-refractivity contribution is -0.126. The molecule has 0 aliphatic heterocycles. The third-order valence-electron chi connectivity index (χ3n) is 2.05. The summed E-state index contributed by atoms with van der Waals surface area (Å²) < 4.78 is 28.0. The van der Waals surface area contributed by atoms with Gasteiger partial charge >= 0.3 is 0 Å². The predicted octanol–water partition coefficient (Wildman–Crippen LogP) is 1.52. The molecule has 0 aliphatic carbocycles. The molecule has 1 N–H and O–H groups in total. The fourth-order valence-corrected chi connectivity index (χ4v) is 3.29. The van der Waals surface area contributed by atoms with E-state index in [1.54, 1.807) is 19.2 Å². The largest absolute Gasteiger partial charge is 0.369 e. The summed E-state index contributed by atoms with van der Waals surface area (Å²) >= 11 is 1.17. The topological polar surface area (TPSA) is 72.5 Å². The molecular formula is C10H15NO4S2. The van der Waals surface area contributed by atoms with Crippen molar-refractivity contribution in [3.8, 4) is 0 Å². The second-order valence-electron chi connectivity index (χ2n) is 3.47. The Balaban J connectivity index is 2.83. The minimum atomic E-state index is -3.32. The van der Waals surface area contributed by atoms with Gasteiger partial charge in [0.25, 0.3) is 5.91 Å². The smallest absolute Gasteiger partial charge is 0.253 e. The maximum Gasteiger partial charge on any atom is 0.253 e. The van der Waals surface area contributed by atoms with Gasteiger partial charge in [-0.05, 0) is 25.3 Å². The van der Waals surface area contributed by atoms with E-state index >= 15 is 0 Å². The second kappa shape index (κ2) is 5.61. The Bertz CT molecular complexity index is 492. The molecule has 0 aliphatic rings. The third kappa shape index (κ3) is 3.79. The Morgan fingerprint density at radius 1 is 1.59 bits per heavy atom. The first-order chi connectivity index (χ1) is 7.86. The minimum absolute atomic E-state index is 0.138. The van der Waals surface area contributed by atoms with Gasteiger partial charge < -0.3 is 10.1 Å². The number of carbonyl (C=O) groups is 1. The molecule has 1 amide bonds. The van der Waals surface area contributed by atoms with Crippen LogP contribution in [0.1, 0.15) is 13.8 Å². The van der Waals surface area contributed by atoms with Crippen LogP contribution in [0, 0.1) is 0 Å². The van der Waals surface area contributed by atoms with Crippen LogP contribution in [-0.2, 0) is 19.4 Å². The van der Waals surface area contributed by atoms with Crippen LogP contribution >= 0.6 is 11.3 Å². The minimum Gasteiger partial charge on any atom is -0.369 e. The second-order valence-corrected chi connectivity index (χ2v) is 6.37. The molecule has 0 radical (unpaired) electrons. The maximum atomic E-state index is 11.7. The molecule has 5 nitrogen and oxygen atoms in total. The molecule has 0 bridgehead atoms. The van der Waals surface area contributed by atoms with Crippen LogP contribution in [-0.4, -0.2) is 33.3 Å². The van der Waals surface area contributed by atoms with Crippen LogP contribution in [0.3, 0.4) is 0 Å². The molecule has 1 aromatic heterocycles. The Kier molecular flexibility index (Phi) is 4.67. The highest BCUT2D eigenvalue weighted by Crippen LogP contribution is 2.27. The van der Waals surface area contributed by atoms with E-state index in [2.05, 4.69) is 5.32 Å². The number of sulfone groups is 1. The molecule has 0 saturated carbocycles. The van der Waals surface area contributed by atoms with E-state index in [-0.39, 0.29) is 10.8 Å². The summed E-state index contributed by atoms with van der Waals surface area (Å²) in [6.07, 6.45) is 0.506. The van der Waals surface area contributed by atoms with E-state index in [4.69, 9.17) is 4.74 Å². The number of hydrogen-bond donors (Lipinski definition) is 1. The summed E-state index contributed by atoms with van der Waals surface area (Å²) in [5, 5.41) is 4.52. The van der Waals surface area contributed by atoms with Gasteiger partial charge in [-0.15, -0.1) is 11.3 Å². The molecule has 96 valence electrons. The van der Waals surface area contributed by atoms with Gasteiger partial charge in [0, 0.05) is 12.9 Å². The summed E-state index contributed by atoms with van der Waals surface area (Å²) in [5.41, 5.74) is 0. The van der Waals surface area contributed by atoms with E-state index in [9.17, 15) is 13.2 Å². The number of anilines is 1. The molecule has 0 aromatic carbocycles. The van der Waals surface area contributed by atoms with Crippen molar-refractivity contribution in [2.45, 2.75) is 24.8 Å². The lowest BCUT2D eigenvalue weighted by atomic mass is 10.4. The van der Waals surface area contributed by atoms with Gasteiger partial charge in [0.05, 0.1) is 0 Å². The standard InChI is InChI=1S/C10H15NO4S2/c1-4-15-7(2)9(12)11-10-8(5-6-16-10)17(3,13)14/h5-7H,4H2,1-3H3,(H,11,12)/t7-/m1/s1. The average Bonchev–Trinajstić information content (AvgIpc) is 2.65. The summed E-state index contributed by atoms with van der Waals surface area (Å²) in [7, 11) is -3.32. The predicted molar refractivity (Wildman–Crippen MR) is 67.1 cm³/mol. The molecule has 0 unspecified atom stereocenters. The summed E-state index contributed by atoms with van der Waals surface area (Å²) in [6.45, 7) is 3.83. The average molecular weight is 277 g/mol. The van der Waals surface area contributed by atoms with E-state index in [1.165, 1.54) is 17.4 Å². The van der Waals surface area contributed by atoms with Crippen molar-refractivity contribution in [1.82, 2.24) is 0 Å². The van der Waals surface area contributed by atoms with Gasteiger partial charge in [-0.25, -0.2) is 8.42 Å². The van der Waals surface area contributed by atoms with Crippen molar-refractivity contribution in [2.75, 3.05) is 18.2 Å². The number of carbonyl (C=O) groups excluding carboxylic acids is 1. The quantitative estimate of drug-likeness (QED) is 0.885. The van der Waals surface area contributed by atoms with Crippen molar-refractivity contribution in [1.29, 1.82) is 0 Å². The Morgan fingerprint density at radius 3 is 2.76 bits per heavy atom. The van der Waals surface area contributed by atoms with Gasteiger partial charge in [-0.3, -0.25) is 4.79 Å². The van der Waals surface area contributed by atoms with Gasteiger partial charge in [0.15, 0.2) is 9.84 Å². The Labute approximate surface area is 105 Å². The zero-order valence-electron chi connectivity index (χ0n) is 9.89. The molecule has 0 fully saturated rings. The molecule has 1 heterocycles. The monoisotopic (exact) mass is 277 g/mol. The number of nitrogens with one attached hydrogen (secondary N) is 1. The normalized spacial score (nSPS) is 13.4. The van der Waals surface area contributed by atoms with Crippen LogP contribution in [0.5, 0.6) is 0 Å². The maximum absolute atomic E-state index is 11.7. The van der Waals surface area contributed by atoms with Gasteiger partial charge in [0.1, 0.15) is 16.0 Å². The summed E-state index contributed by atoms with van der Waals surface area (Å²) in [5.74, 6) is -0.348. The highest BCUT2D eigenvalue weighted by Gasteiger charge is 2.19. The van der Waals surface area contributed by atoms with Crippen molar-refractivity contribution in [2.24, 2.45) is 0 Å². The summed E-state index contributed by atoms with van der Waals surface area (Å²) in [6, 6.07) is 1.47. The lowest BCUT2D eigenvalue weighted by Crippen LogP contribution is -2.27.